The van der Waals surface area contributed by atoms with Crippen LogP contribution in [0, 0.1) is 5.92 Å². The summed E-state index contributed by atoms with van der Waals surface area (Å²) in [6.07, 6.45) is -1.02. The van der Waals surface area contributed by atoms with Crippen molar-refractivity contribution < 1.29 is 43.0 Å². The first-order valence-electron chi connectivity index (χ1n) is 14.3. The quantitative estimate of drug-likeness (QED) is 0.110. The van der Waals surface area contributed by atoms with Crippen molar-refractivity contribution in [3.63, 3.8) is 0 Å². The highest BCUT2D eigenvalue weighted by Crippen LogP contribution is 2.26. The minimum absolute atomic E-state index is 0.0276. The van der Waals surface area contributed by atoms with E-state index in [4.69, 9.17) is 54.7 Å². The number of esters is 2. The van der Waals surface area contributed by atoms with E-state index in [1.807, 2.05) is 0 Å². The lowest BCUT2D eigenvalue weighted by Crippen LogP contribution is -2.57. The molecule has 0 heterocycles. The van der Waals surface area contributed by atoms with Crippen LogP contribution < -0.4 is 11.1 Å². The Morgan fingerprint density at radius 3 is 2.00 bits per heavy atom. The van der Waals surface area contributed by atoms with Crippen molar-refractivity contribution in [2.24, 2.45) is 11.7 Å². The first-order chi connectivity index (χ1) is 21.8. The molecular weight excluding hydrogens is 701 g/mol. The molecule has 4 amide bonds. The Morgan fingerprint density at radius 1 is 0.894 bits per heavy atom. The summed E-state index contributed by atoms with van der Waals surface area (Å²) < 4.78 is 14.9. The monoisotopic (exact) mass is 741 g/mol. The van der Waals surface area contributed by atoms with E-state index in [1.54, 1.807) is 44.2 Å². The number of nitrogens with zero attached hydrogens (tertiary/aromatic N) is 3. The van der Waals surface area contributed by atoms with E-state index in [-0.39, 0.29) is 18.3 Å². The van der Waals surface area contributed by atoms with Gasteiger partial charge in [0, 0.05) is 33.8 Å². The topological polar surface area (TPSA) is 178 Å². The van der Waals surface area contributed by atoms with Crippen molar-refractivity contribution in [1.29, 1.82) is 0 Å². The molecule has 1 rings (SSSR count). The summed E-state index contributed by atoms with van der Waals surface area (Å²) in [5, 5.41) is 2.28. The third-order valence-corrected chi connectivity index (χ3v) is 7.99. The molecule has 4 atom stereocenters. The highest BCUT2D eigenvalue weighted by molar-refractivity contribution is 7.97. The normalized spacial score (nSPS) is 13.8. The minimum Gasteiger partial charge on any atom is -0.461 e. The van der Waals surface area contributed by atoms with Crippen LogP contribution in [0.5, 0.6) is 0 Å². The molecule has 0 spiro atoms. The lowest BCUT2D eigenvalue weighted by molar-refractivity contribution is -0.161. The number of hydrogen-bond donors (Lipinski definition) is 2. The summed E-state index contributed by atoms with van der Waals surface area (Å²) in [5.41, 5.74) is 6.45. The zero-order valence-electron chi connectivity index (χ0n) is 27.2. The Bertz CT molecular complexity index is 1240. The maximum atomic E-state index is 13.8. The van der Waals surface area contributed by atoms with Crippen LogP contribution in [0.4, 0.5) is 4.79 Å². The van der Waals surface area contributed by atoms with E-state index < -0.39 is 76.9 Å². The molecule has 3 N–H and O–H groups in total. The Kier molecular flexibility index (Phi) is 17.7. The number of alkyl carbamates (subject to hydrolysis) is 1. The second kappa shape index (κ2) is 19.7. The number of nitrogens with two attached hydrogens (primary N) is 1. The third-order valence-electron chi connectivity index (χ3n) is 6.56. The van der Waals surface area contributed by atoms with Crippen molar-refractivity contribution in [2.45, 2.75) is 62.3 Å². The van der Waals surface area contributed by atoms with Gasteiger partial charge < -0.3 is 35.1 Å². The number of amides is 4. The van der Waals surface area contributed by atoms with E-state index in [1.165, 1.54) is 39.3 Å². The zero-order chi connectivity index (χ0) is 36.1. The highest BCUT2D eigenvalue weighted by Gasteiger charge is 2.39. The minimum atomic E-state index is -1.96. The van der Waals surface area contributed by atoms with Crippen LogP contribution in [0.25, 0.3) is 0 Å². The van der Waals surface area contributed by atoms with Gasteiger partial charge in [0.05, 0.1) is 6.04 Å². The van der Waals surface area contributed by atoms with Gasteiger partial charge in [0.15, 0.2) is 6.04 Å². The van der Waals surface area contributed by atoms with Gasteiger partial charge in [-0.25, -0.2) is 14.4 Å². The fourth-order valence-electron chi connectivity index (χ4n) is 3.93. The highest BCUT2D eigenvalue weighted by atomic mass is 35.6. The van der Waals surface area contributed by atoms with Gasteiger partial charge in [0.1, 0.15) is 31.9 Å². The number of nitrogens with one attached hydrogen (secondary N) is 1. The lowest BCUT2D eigenvalue weighted by atomic mass is 10.0. The van der Waals surface area contributed by atoms with Crippen LogP contribution >= 0.6 is 46.8 Å². The molecule has 14 nitrogen and oxygen atoms in total. The maximum absolute atomic E-state index is 13.8. The molecule has 264 valence electrons. The molecule has 0 saturated carbocycles. The van der Waals surface area contributed by atoms with Gasteiger partial charge >= 0.3 is 18.0 Å². The first kappa shape index (κ1) is 42.0. The molecule has 47 heavy (non-hydrogen) atoms. The van der Waals surface area contributed by atoms with Gasteiger partial charge in [-0.3, -0.25) is 18.7 Å². The van der Waals surface area contributed by atoms with E-state index >= 15 is 0 Å². The van der Waals surface area contributed by atoms with Crippen LogP contribution in [-0.4, -0.2) is 118 Å². The van der Waals surface area contributed by atoms with Crippen LogP contribution in [0.1, 0.15) is 33.3 Å². The van der Waals surface area contributed by atoms with Crippen molar-refractivity contribution in [1.82, 2.24) is 19.4 Å². The molecule has 1 aromatic carbocycles. The lowest BCUT2D eigenvalue weighted by Gasteiger charge is -2.36. The summed E-state index contributed by atoms with van der Waals surface area (Å²) >= 11 is 18.0. The fraction of sp³-hybridized carbons (Fsp3) is 0.586. The van der Waals surface area contributed by atoms with Crippen molar-refractivity contribution in [3.8, 4) is 0 Å². The molecule has 0 radical (unpaired) electrons. The zero-order valence-corrected chi connectivity index (χ0v) is 30.3. The standard InChI is InChI=1S/C29H42Cl3N5O9S/c1-17(2)23(36(6)25(40)22(15-47-37(7)19(4)38)35(5)24(39)18(3)33)27(42)44-14-21(26(41)46-16-29(30,31)32)34-28(43)45-13-20-11-9-8-10-12-20/h8-12,17-18,21-23H,13-16,33H2,1-7H3,(H,34,43)/t18-,21+,22-,23-/m0/s1. The van der Waals surface area contributed by atoms with Crippen molar-refractivity contribution in [2.75, 3.05) is 40.1 Å². The van der Waals surface area contributed by atoms with Crippen LogP contribution in [0.15, 0.2) is 30.3 Å². The number of likely N-dealkylation sites (N-methyl/N-ethyl adjacent to an activating group) is 2. The molecule has 0 aliphatic carbocycles. The smallest absolute Gasteiger partial charge is 0.408 e. The van der Waals surface area contributed by atoms with Gasteiger partial charge in [-0.15, -0.1) is 0 Å². The molecule has 1 aromatic rings. The number of carbonyl (C=O) groups excluding carboxylic acids is 6. The molecule has 0 fully saturated rings. The number of ether oxygens (including phenoxy) is 3. The van der Waals surface area contributed by atoms with E-state index in [0.717, 1.165) is 21.7 Å². The Hall–Kier alpha value is -2.98. The van der Waals surface area contributed by atoms with Gasteiger partial charge in [0.25, 0.3) is 0 Å². The molecule has 0 saturated heterocycles. The predicted molar refractivity (Wildman–Crippen MR) is 178 cm³/mol. The van der Waals surface area contributed by atoms with E-state index in [0.29, 0.717) is 5.56 Å². The number of halogens is 3. The second-order valence-electron chi connectivity index (χ2n) is 10.8. The average Bonchev–Trinajstić information content (AvgIpc) is 2.99. The van der Waals surface area contributed by atoms with Crippen molar-refractivity contribution >= 4 is 82.5 Å². The number of alkyl halides is 3. The van der Waals surface area contributed by atoms with Gasteiger partial charge in [0.2, 0.25) is 21.5 Å². The first-order valence-corrected chi connectivity index (χ1v) is 16.4. The van der Waals surface area contributed by atoms with E-state index in [2.05, 4.69) is 5.32 Å². The third kappa shape index (κ3) is 14.8. The summed E-state index contributed by atoms with van der Waals surface area (Å²) in [7, 11) is 4.27. The van der Waals surface area contributed by atoms with Crippen LogP contribution in [0.3, 0.4) is 0 Å². The molecular formula is C29H42Cl3N5O9S. The van der Waals surface area contributed by atoms with Gasteiger partial charge in [-0.1, -0.05) is 79.0 Å². The average molecular weight is 743 g/mol. The Morgan fingerprint density at radius 2 is 1.49 bits per heavy atom. The number of hydrogen-bond acceptors (Lipinski definition) is 11. The van der Waals surface area contributed by atoms with E-state index in [9.17, 15) is 28.8 Å². The summed E-state index contributed by atoms with van der Waals surface area (Å²) in [4.78, 5) is 79.3. The molecule has 0 aromatic heterocycles. The molecule has 18 heteroatoms. The number of benzene rings is 1. The van der Waals surface area contributed by atoms with Crippen LogP contribution in [0.2, 0.25) is 0 Å². The summed E-state index contributed by atoms with van der Waals surface area (Å²) in [6, 6.07) is 3.90. The second-order valence-corrected chi connectivity index (χ2v) is 14.5. The summed E-state index contributed by atoms with van der Waals surface area (Å²) in [6.45, 7) is 4.61. The molecule has 0 unspecified atom stereocenters. The molecule has 0 aliphatic rings. The SMILES string of the molecule is CC(=O)N(C)SC[C@@H](C(=O)N(C)[C@H](C(=O)OC[C@@H](NC(=O)OCc1ccccc1)C(=O)OCC(Cl)(Cl)Cl)C(C)C)N(C)C(=O)[C@H](C)N. The summed E-state index contributed by atoms with van der Waals surface area (Å²) in [5.74, 6) is -4.01. The Balaban J connectivity index is 3.16. The molecule has 0 aliphatic heterocycles. The number of rotatable bonds is 16. The molecule has 0 bridgehead atoms. The fourth-order valence-corrected chi connectivity index (χ4v) is 5.00. The van der Waals surface area contributed by atoms with Gasteiger partial charge in [-0.2, -0.15) is 0 Å². The maximum Gasteiger partial charge on any atom is 0.408 e. The van der Waals surface area contributed by atoms with Crippen LogP contribution in [-0.2, 0) is 44.8 Å². The largest absolute Gasteiger partial charge is 0.461 e. The predicted octanol–water partition coefficient (Wildman–Crippen LogP) is 2.52. The Labute approximate surface area is 293 Å². The number of carbonyl (C=O) groups is 6. The van der Waals surface area contributed by atoms with Crippen molar-refractivity contribution in [3.05, 3.63) is 35.9 Å². The van der Waals surface area contributed by atoms with Gasteiger partial charge in [-0.05, 0) is 30.4 Å².